The van der Waals surface area contributed by atoms with E-state index in [2.05, 4.69) is 5.16 Å². The van der Waals surface area contributed by atoms with E-state index in [1.54, 1.807) is 16.8 Å². The van der Waals surface area contributed by atoms with Crippen LogP contribution >= 0.6 is 11.3 Å². The van der Waals surface area contributed by atoms with Gasteiger partial charge in [0.05, 0.1) is 17.8 Å². The molecule has 0 N–H and O–H groups in total. The Kier molecular flexibility index (Phi) is 5.10. The molecule has 3 amide bonds. The lowest BCUT2D eigenvalue weighted by molar-refractivity contribution is -0.143. The Balaban J connectivity index is 1.59. The van der Waals surface area contributed by atoms with Gasteiger partial charge in [-0.05, 0) is 24.8 Å². The summed E-state index contributed by atoms with van der Waals surface area (Å²) >= 11 is 1.46. The van der Waals surface area contributed by atoms with Gasteiger partial charge in [-0.25, -0.2) is 0 Å². The van der Waals surface area contributed by atoms with Gasteiger partial charge >= 0.3 is 0 Å². The van der Waals surface area contributed by atoms with E-state index < -0.39 is 6.10 Å². The first-order valence-electron chi connectivity index (χ1n) is 10.0. The maximum absolute atomic E-state index is 13.0. The highest BCUT2D eigenvalue weighted by Crippen LogP contribution is 2.41. The molecule has 0 spiro atoms. The molecule has 156 valence electrons. The van der Waals surface area contributed by atoms with Crippen molar-refractivity contribution in [3.63, 3.8) is 0 Å². The van der Waals surface area contributed by atoms with E-state index in [0.717, 1.165) is 16.2 Å². The van der Waals surface area contributed by atoms with Gasteiger partial charge in [0.15, 0.2) is 0 Å². The van der Waals surface area contributed by atoms with Crippen LogP contribution in [0.25, 0.3) is 0 Å². The standard InChI is InChI=1S/C20H26N4O4S/c1-5-24-16(25)10-22(4)19(27)17-12-6-7-23(9-15(12)29-20(17)24)18(26)14-8-13(11(2)3)21-28-14/h11,14H,5-10H2,1-4H3. The van der Waals surface area contributed by atoms with Gasteiger partial charge in [0.25, 0.3) is 11.8 Å². The molecule has 8 nitrogen and oxygen atoms in total. The Labute approximate surface area is 174 Å². The van der Waals surface area contributed by atoms with Crippen LogP contribution in [-0.2, 0) is 27.4 Å². The van der Waals surface area contributed by atoms with Gasteiger partial charge < -0.3 is 19.5 Å². The summed E-state index contributed by atoms with van der Waals surface area (Å²) in [6.45, 7) is 7.56. The van der Waals surface area contributed by atoms with Crippen molar-refractivity contribution in [2.45, 2.75) is 46.3 Å². The topological polar surface area (TPSA) is 82.5 Å². The number of carbonyl (C=O) groups excluding carboxylic acids is 3. The molecular weight excluding hydrogens is 392 g/mol. The minimum atomic E-state index is -0.562. The Bertz CT molecular complexity index is 907. The van der Waals surface area contributed by atoms with E-state index in [0.29, 0.717) is 43.0 Å². The van der Waals surface area contributed by atoms with Crippen LogP contribution in [0.5, 0.6) is 0 Å². The van der Waals surface area contributed by atoms with Gasteiger partial charge in [0, 0.05) is 31.4 Å². The summed E-state index contributed by atoms with van der Waals surface area (Å²) < 4.78 is 0. The fourth-order valence-electron chi connectivity index (χ4n) is 4.04. The van der Waals surface area contributed by atoms with Gasteiger partial charge in [0.2, 0.25) is 12.0 Å². The van der Waals surface area contributed by atoms with Crippen molar-refractivity contribution in [3.8, 4) is 0 Å². The molecule has 0 aliphatic carbocycles. The number of likely N-dealkylation sites (N-methyl/N-ethyl adjacent to an activating group) is 2. The first-order chi connectivity index (χ1) is 13.8. The average Bonchev–Trinajstić information content (AvgIpc) is 3.30. The molecule has 4 heterocycles. The van der Waals surface area contributed by atoms with Gasteiger partial charge in [-0.2, -0.15) is 0 Å². The molecule has 4 rings (SSSR count). The molecule has 0 fully saturated rings. The zero-order valence-corrected chi connectivity index (χ0v) is 18.0. The summed E-state index contributed by atoms with van der Waals surface area (Å²) in [5.41, 5.74) is 2.52. The second-order valence-electron chi connectivity index (χ2n) is 8.03. The Morgan fingerprint density at radius 3 is 2.72 bits per heavy atom. The van der Waals surface area contributed by atoms with Crippen molar-refractivity contribution >= 4 is 39.8 Å². The van der Waals surface area contributed by atoms with Crippen LogP contribution in [-0.4, -0.2) is 66.0 Å². The van der Waals surface area contributed by atoms with Crippen LogP contribution < -0.4 is 4.90 Å². The lowest BCUT2D eigenvalue weighted by Crippen LogP contribution is -2.42. The van der Waals surface area contributed by atoms with Crippen molar-refractivity contribution in [2.24, 2.45) is 11.1 Å². The van der Waals surface area contributed by atoms with Crippen molar-refractivity contribution < 1.29 is 19.2 Å². The molecule has 9 heteroatoms. The number of amides is 3. The molecule has 1 aromatic rings. The third-order valence-corrected chi connectivity index (χ3v) is 7.02. The second kappa shape index (κ2) is 7.44. The smallest absolute Gasteiger partial charge is 0.267 e. The lowest BCUT2D eigenvalue weighted by Gasteiger charge is -2.29. The summed E-state index contributed by atoms with van der Waals surface area (Å²) in [4.78, 5) is 49.8. The Morgan fingerprint density at radius 2 is 2.07 bits per heavy atom. The van der Waals surface area contributed by atoms with Crippen molar-refractivity contribution in [1.29, 1.82) is 0 Å². The molecule has 1 atom stereocenters. The normalized spacial score (nSPS) is 21.8. The fourth-order valence-corrected chi connectivity index (χ4v) is 5.48. The lowest BCUT2D eigenvalue weighted by atomic mass is 9.99. The summed E-state index contributed by atoms with van der Waals surface area (Å²) in [7, 11) is 1.66. The molecule has 1 aromatic heterocycles. The number of carbonyl (C=O) groups is 3. The number of hydrogen-bond donors (Lipinski definition) is 0. The van der Waals surface area contributed by atoms with Crippen LogP contribution in [0.2, 0.25) is 0 Å². The number of fused-ring (bicyclic) bond motifs is 3. The van der Waals surface area contributed by atoms with E-state index in [1.807, 2.05) is 20.8 Å². The molecule has 3 aliphatic rings. The summed E-state index contributed by atoms with van der Waals surface area (Å²) in [6, 6.07) is 0. The largest absolute Gasteiger partial charge is 0.382 e. The molecule has 3 aliphatic heterocycles. The van der Waals surface area contributed by atoms with E-state index in [-0.39, 0.29) is 30.2 Å². The predicted octanol–water partition coefficient (Wildman–Crippen LogP) is 1.87. The van der Waals surface area contributed by atoms with Gasteiger partial charge in [-0.15, -0.1) is 11.3 Å². The number of oxime groups is 1. The highest BCUT2D eigenvalue weighted by Gasteiger charge is 2.39. The zero-order chi connectivity index (χ0) is 20.9. The Morgan fingerprint density at radius 1 is 1.31 bits per heavy atom. The van der Waals surface area contributed by atoms with Gasteiger partial charge in [-0.1, -0.05) is 19.0 Å². The van der Waals surface area contributed by atoms with Gasteiger partial charge in [-0.3, -0.25) is 14.4 Å². The van der Waals surface area contributed by atoms with E-state index in [1.165, 1.54) is 16.2 Å². The fraction of sp³-hybridized carbons (Fsp3) is 0.600. The maximum atomic E-state index is 13.0. The van der Waals surface area contributed by atoms with Crippen LogP contribution in [0.4, 0.5) is 5.00 Å². The summed E-state index contributed by atoms with van der Waals surface area (Å²) in [5, 5.41) is 4.78. The second-order valence-corrected chi connectivity index (χ2v) is 9.11. The molecule has 0 radical (unpaired) electrons. The van der Waals surface area contributed by atoms with Crippen molar-refractivity contribution in [2.75, 3.05) is 31.6 Å². The average molecular weight is 419 g/mol. The molecule has 0 saturated carbocycles. The molecular formula is C20H26N4O4S. The predicted molar refractivity (Wildman–Crippen MR) is 110 cm³/mol. The zero-order valence-electron chi connectivity index (χ0n) is 17.2. The quantitative estimate of drug-likeness (QED) is 0.750. The summed E-state index contributed by atoms with van der Waals surface area (Å²) in [6.07, 6.45) is 0.568. The molecule has 1 unspecified atom stereocenters. The third kappa shape index (κ3) is 3.31. The molecule has 0 saturated heterocycles. The highest BCUT2D eigenvalue weighted by molar-refractivity contribution is 7.17. The molecule has 0 bridgehead atoms. The number of anilines is 1. The van der Waals surface area contributed by atoms with Crippen molar-refractivity contribution in [1.82, 2.24) is 9.80 Å². The Hall–Kier alpha value is -2.42. The first kappa shape index (κ1) is 19.9. The SMILES string of the molecule is CCN1C(=O)CN(C)C(=O)c2c1sc1c2CCN(C(=O)C2CC(C(C)C)=NO2)C1. The highest BCUT2D eigenvalue weighted by atomic mass is 32.1. The van der Waals surface area contributed by atoms with Crippen molar-refractivity contribution in [3.05, 3.63) is 16.0 Å². The minimum Gasteiger partial charge on any atom is -0.382 e. The first-order valence-corrected chi connectivity index (χ1v) is 10.8. The monoisotopic (exact) mass is 418 g/mol. The van der Waals surface area contributed by atoms with E-state index in [4.69, 9.17) is 4.84 Å². The van der Waals surface area contributed by atoms with Crippen LogP contribution in [0.15, 0.2) is 5.16 Å². The van der Waals surface area contributed by atoms with Crippen LogP contribution in [0.3, 0.4) is 0 Å². The van der Waals surface area contributed by atoms with Crippen LogP contribution in [0, 0.1) is 5.92 Å². The number of rotatable bonds is 3. The third-order valence-electron chi connectivity index (χ3n) is 5.78. The van der Waals surface area contributed by atoms with E-state index >= 15 is 0 Å². The van der Waals surface area contributed by atoms with Crippen LogP contribution in [0.1, 0.15) is 48.0 Å². The van der Waals surface area contributed by atoms with E-state index in [9.17, 15) is 14.4 Å². The number of hydrogen-bond acceptors (Lipinski definition) is 6. The number of thiophene rings is 1. The molecule has 29 heavy (non-hydrogen) atoms. The maximum Gasteiger partial charge on any atom is 0.267 e. The summed E-state index contributed by atoms with van der Waals surface area (Å²) in [5.74, 6) is 0.00168. The number of nitrogens with zero attached hydrogens (tertiary/aromatic N) is 4. The minimum absolute atomic E-state index is 0.0643. The van der Waals surface area contributed by atoms with Gasteiger partial charge in [0.1, 0.15) is 11.5 Å². The molecule has 0 aromatic carbocycles.